The van der Waals surface area contributed by atoms with Crippen LogP contribution in [0.15, 0.2) is 53.6 Å². The van der Waals surface area contributed by atoms with Crippen LogP contribution >= 0.6 is 0 Å². The quantitative estimate of drug-likeness (QED) is 0.439. The summed E-state index contributed by atoms with van der Waals surface area (Å²) in [5.41, 5.74) is 3.44. The zero-order chi connectivity index (χ0) is 20.0. The third kappa shape index (κ3) is 5.61. The minimum absolute atomic E-state index is 0.159. The standard InChI is InChI=1S/C17H18N4O5S/c1-13-6-5-8-15(10-13)20(27(2,25)26)12-17(22)19-18-11-14-7-3-4-9-16(14)21(23)24/h3-11H,12H2,1-2H3,(H,19,22)/b18-11-. The van der Waals surface area contributed by atoms with Crippen LogP contribution in [-0.4, -0.2) is 38.3 Å². The fourth-order valence-corrected chi connectivity index (χ4v) is 3.13. The van der Waals surface area contributed by atoms with Crippen molar-refractivity contribution in [3.8, 4) is 0 Å². The number of hydrogen-bond acceptors (Lipinski definition) is 6. The van der Waals surface area contributed by atoms with Gasteiger partial charge in [-0.15, -0.1) is 0 Å². The van der Waals surface area contributed by atoms with Gasteiger partial charge in [0.15, 0.2) is 0 Å². The minimum atomic E-state index is -3.69. The van der Waals surface area contributed by atoms with Crippen molar-refractivity contribution >= 4 is 33.5 Å². The fourth-order valence-electron chi connectivity index (χ4n) is 2.29. The second-order valence-corrected chi connectivity index (χ2v) is 7.62. The Morgan fingerprint density at radius 1 is 1.26 bits per heavy atom. The number of nitro benzene ring substituents is 1. The van der Waals surface area contributed by atoms with Gasteiger partial charge in [0, 0.05) is 6.07 Å². The highest BCUT2D eigenvalue weighted by molar-refractivity contribution is 7.92. The third-order valence-corrected chi connectivity index (χ3v) is 4.64. The molecule has 0 fully saturated rings. The number of aryl methyl sites for hydroxylation is 1. The molecule has 0 aliphatic heterocycles. The first-order valence-electron chi connectivity index (χ1n) is 7.78. The van der Waals surface area contributed by atoms with Gasteiger partial charge in [0.25, 0.3) is 11.6 Å². The second kappa shape index (κ2) is 8.41. The van der Waals surface area contributed by atoms with E-state index in [1.54, 1.807) is 37.3 Å². The molecule has 0 heterocycles. The highest BCUT2D eigenvalue weighted by Crippen LogP contribution is 2.18. The zero-order valence-electron chi connectivity index (χ0n) is 14.7. The van der Waals surface area contributed by atoms with Crippen LogP contribution in [-0.2, 0) is 14.8 Å². The number of hydrazone groups is 1. The van der Waals surface area contributed by atoms with Crippen molar-refractivity contribution in [2.75, 3.05) is 17.1 Å². The molecule has 0 saturated heterocycles. The molecule has 142 valence electrons. The average Bonchev–Trinajstić information content (AvgIpc) is 2.59. The van der Waals surface area contributed by atoms with E-state index in [4.69, 9.17) is 0 Å². The molecule has 0 unspecified atom stereocenters. The number of para-hydroxylation sites is 1. The van der Waals surface area contributed by atoms with Crippen LogP contribution in [0.5, 0.6) is 0 Å². The Balaban J connectivity index is 2.12. The molecule has 1 N–H and O–H groups in total. The van der Waals surface area contributed by atoms with E-state index in [2.05, 4.69) is 10.5 Å². The molecule has 2 rings (SSSR count). The summed E-state index contributed by atoms with van der Waals surface area (Å²) in [6.45, 7) is 1.33. The summed E-state index contributed by atoms with van der Waals surface area (Å²) in [4.78, 5) is 22.5. The van der Waals surface area contributed by atoms with Crippen molar-refractivity contribution in [2.24, 2.45) is 5.10 Å². The molecule has 0 aromatic heterocycles. The Hall–Kier alpha value is -3.27. The smallest absolute Gasteiger partial charge is 0.271 e. The van der Waals surface area contributed by atoms with Crippen LogP contribution in [0.3, 0.4) is 0 Å². The van der Waals surface area contributed by atoms with Crippen molar-refractivity contribution in [2.45, 2.75) is 6.92 Å². The third-order valence-electron chi connectivity index (χ3n) is 3.50. The predicted octanol–water partition coefficient (Wildman–Crippen LogP) is 1.82. The first kappa shape index (κ1) is 20.0. The number of rotatable bonds is 7. The van der Waals surface area contributed by atoms with Gasteiger partial charge in [-0.2, -0.15) is 5.10 Å². The van der Waals surface area contributed by atoms with Crippen molar-refractivity contribution in [3.63, 3.8) is 0 Å². The first-order valence-corrected chi connectivity index (χ1v) is 9.63. The van der Waals surface area contributed by atoms with Crippen molar-refractivity contribution in [1.82, 2.24) is 5.43 Å². The molecule has 0 aliphatic rings. The van der Waals surface area contributed by atoms with Crippen LogP contribution in [0.2, 0.25) is 0 Å². The van der Waals surface area contributed by atoms with Gasteiger partial charge < -0.3 is 0 Å². The number of hydrogen-bond donors (Lipinski definition) is 1. The number of amides is 1. The molecule has 2 aromatic carbocycles. The SMILES string of the molecule is Cc1cccc(N(CC(=O)N/N=C\c2ccccc2[N+](=O)[O-])S(C)(=O)=O)c1. The number of nitro groups is 1. The molecule has 0 aliphatic carbocycles. The first-order chi connectivity index (χ1) is 12.7. The van der Waals surface area contributed by atoms with E-state index < -0.39 is 27.4 Å². The predicted molar refractivity (Wildman–Crippen MR) is 102 cm³/mol. The molecule has 2 aromatic rings. The summed E-state index contributed by atoms with van der Waals surface area (Å²) in [5, 5.41) is 14.6. The number of carbonyl (C=O) groups is 1. The lowest BCUT2D eigenvalue weighted by Gasteiger charge is -2.21. The van der Waals surface area contributed by atoms with Crippen LogP contribution < -0.4 is 9.73 Å². The normalized spacial score (nSPS) is 11.3. The fraction of sp³-hybridized carbons (Fsp3) is 0.176. The monoisotopic (exact) mass is 390 g/mol. The highest BCUT2D eigenvalue weighted by Gasteiger charge is 2.20. The minimum Gasteiger partial charge on any atom is -0.271 e. The average molecular weight is 390 g/mol. The maximum absolute atomic E-state index is 12.1. The summed E-state index contributed by atoms with van der Waals surface area (Å²) in [5.74, 6) is -0.684. The van der Waals surface area contributed by atoms with Gasteiger partial charge in [-0.25, -0.2) is 13.8 Å². The Labute approximate surface area is 156 Å². The molecule has 0 bridgehead atoms. The topological polar surface area (TPSA) is 122 Å². The number of anilines is 1. The van der Waals surface area contributed by atoms with Crippen molar-refractivity contribution in [1.29, 1.82) is 0 Å². The van der Waals surface area contributed by atoms with Crippen LogP contribution in [0.25, 0.3) is 0 Å². The van der Waals surface area contributed by atoms with Gasteiger partial charge in [0.2, 0.25) is 10.0 Å². The molecule has 0 atom stereocenters. The van der Waals surface area contributed by atoms with E-state index in [-0.39, 0.29) is 11.3 Å². The number of nitrogens with one attached hydrogen (secondary N) is 1. The lowest BCUT2D eigenvalue weighted by Crippen LogP contribution is -2.39. The molecular weight excluding hydrogens is 372 g/mol. The van der Waals surface area contributed by atoms with Gasteiger partial charge in [0.1, 0.15) is 6.54 Å². The molecule has 0 radical (unpaired) electrons. The van der Waals surface area contributed by atoms with Crippen LogP contribution in [0, 0.1) is 17.0 Å². The Morgan fingerprint density at radius 3 is 2.59 bits per heavy atom. The molecule has 1 amide bonds. The number of nitrogens with zero attached hydrogens (tertiary/aromatic N) is 3. The van der Waals surface area contributed by atoms with Gasteiger partial charge in [-0.1, -0.05) is 24.3 Å². The van der Waals surface area contributed by atoms with Gasteiger partial charge in [0.05, 0.1) is 28.6 Å². The van der Waals surface area contributed by atoms with E-state index in [9.17, 15) is 23.3 Å². The Kier molecular flexibility index (Phi) is 6.24. The lowest BCUT2D eigenvalue weighted by molar-refractivity contribution is -0.385. The number of carbonyl (C=O) groups excluding carboxylic acids is 1. The van der Waals surface area contributed by atoms with E-state index in [1.165, 1.54) is 18.2 Å². The molecular formula is C17H18N4O5S. The van der Waals surface area contributed by atoms with Crippen LogP contribution in [0.4, 0.5) is 11.4 Å². The van der Waals surface area contributed by atoms with E-state index in [1.807, 2.05) is 0 Å². The maximum atomic E-state index is 12.1. The summed E-state index contributed by atoms with van der Waals surface area (Å²) >= 11 is 0. The van der Waals surface area contributed by atoms with Gasteiger partial charge in [-0.3, -0.25) is 19.2 Å². The second-order valence-electron chi connectivity index (χ2n) is 5.72. The maximum Gasteiger partial charge on any atom is 0.278 e. The van der Waals surface area contributed by atoms with Gasteiger partial charge in [-0.05, 0) is 30.7 Å². The van der Waals surface area contributed by atoms with E-state index in [0.29, 0.717) is 5.69 Å². The van der Waals surface area contributed by atoms with E-state index >= 15 is 0 Å². The van der Waals surface area contributed by atoms with Crippen molar-refractivity contribution < 1.29 is 18.1 Å². The summed E-state index contributed by atoms with van der Waals surface area (Å²) in [6, 6.07) is 12.6. The largest absolute Gasteiger partial charge is 0.278 e. The Bertz CT molecular complexity index is 988. The molecule has 0 spiro atoms. The summed E-state index contributed by atoms with van der Waals surface area (Å²) in [7, 11) is -3.69. The highest BCUT2D eigenvalue weighted by atomic mass is 32.2. The van der Waals surface area contributed by atoms with E-state index in [0.717, 1.165) is 22.3 Å². The van der Waals surface area contributed by atoms with Gasteiger partial charge >= 0.3 is 0 Å². The summed E-state index contributed by atoms with van der Waals surface area (Å²) in [6.07, 6.45) is 2.13. The lowest BCUT2D eigenvalue weighted by atomic mass is 10.2. The molecule has 10 heteroatoms. The van der Waals surface area contributed by atoms with Crippen molar-refractivity contribution in [3.05, 3.63) is 69.8 Å². The Morgan fingerprint density at radius 2 is 1.96 bits per heavy atom. The van der Waals surface area contributed by atoms with Crippen LogP contribution in [0.1, 0.15) is 11.1 Å². The zero-order valence-corrected chi connectivity index (χ0v) is 15.5. The summed E-state index contributed by atoms with van der Waals surface area (Å²) < 4.78 is 25.0. The molecule has 0 saturated carbocycles. The molecule has 9 nitrogen and oxygen atoms in total. The number of sulfonamides is 1. The number of benzene rings is 2. The molecule has 27 heavy (non-hydrogen) atoms.